The van der Waals surface area contributed by atoms with Gasteiger partial charge in [0, 0.05) is 17.5 Å². The number of amides is 1. The van der Waals surface area contributed by atoms with E-state index in [-0.39, 0.29) is 23.7 Å². The van der Waals surface area contributed by atoms with Crippen molar-refractivity contribution in [3.05, 3.63) is 58.5 Å². The monoisotopic (exact) mass is 375 g/mol. The maximum atomic E-state index is 13.2. The number of nitrogens with two attached hydrogens (primary N) is 1. The second-order valence-electron chi connectivity index (χ2n) is 5.19. The van der Waals surface area contributed by atoms with Crippen LogP contribution in [-0.2, 0) is 11.3 Å². The van der Waals surface area contributed by atoms with E-state index in [0.29, 0.717) is 20.9 Å². The predicted molar refractivity (Wildman–Crippen MR) is 99.4 cm³/mol. The molecule has 25 heavy (non-hydrogen) atoms. The van der Waals surface area contributed by atoms with Crippen molar-refractivity contribution in [3.63, 3.8) is 0 Å². The fourth-order valence-electron chi connectivity index (χ4n) is 2.38. The molecule has 2 heterocycles. The normalized spacial score (nSPS) is 10.9. The zero-order chi connectivity index (χ0) is 18.0. The third kappa shape index (κ3) is 3.49. The summed E-state index contributed by atoms with van der Waals surface area (Å²) in [5, 5.41) is 2.72. The van der Waals surface area contributed by atoms with Crippen LogP contribution in [-0.4, -0.2) is 21.2 Å². The van der Waals surface area contributed by atoms with Crippen LogP contribution >= 0.6 is 23.1 Å². The van der Waals surface area contributed by atoms with Crippen LogP contribution in [0.15, 0.2) is 52.3 Å². The van der Waals surface area contributed by atoms with Crippen molar-refractivity contribution < 1.29 is 9.18 Å². The van der Waals surface area contributed by atoms with Crippen LogP contribution in [0.3, 0.4) is 0 Å². The van der Waals surface area contributed by atoms with Gasteiger partial charge in [0.1, 0.15) is 10.6 Å². The number of thioether (sulfide) groups is 1. The van der Waals surface area contributed by atoms with E-state index < -0.39 is 5.91 Å². The van der Waals surface area contributed by atoms with Gasteiger partial charge in [0.25, 0.3) is 5.56 Å². The van der Waals surface area contributed by atoms with Crippen molar-refractivity contribution in [2.24, 2.45) is 5.73 Å². The lowest BCUT2D eigenvalue weighted by atomic mass is 10.1. The highest BCUT2D eigenvalue weighted by Gasteiger charge is 2.17. The van der Waals surface area contributed by atoms with Gasteiger partial charge < -0.3 is 5.73 Å². The highest BCUT2D eigenvalue weighted by atomic mass is 32.2. The Balaban J connectivity index is 2.19. The van der Waals surface area contributed by atoms with Crippen molar-refractivity contribution in [2.45, 2.75) is 11.7 Å². The summed E-state index contributed by atoms with van der Waals surface area (Å²) in [6, 6.07) is 5.96. The van der Waals surface area contributed by atoms with Gasteiger partial charge in [-0.05, 0) is 17.7 Å². The minimum atomic E-state index is -0.484. The molecule has 5 nitrogen and oxygen atoms in total. The molecule has 8 heteroatoms. The van der Waals surface area contributed by atoms with E-state index in [1.807, 2.05) is 5.38 Å². The number of aromatic nitrogens is 2. The Labute approximate surface area is 151 Å². The Morgan fingerprint density at radius 1 is 1.40 bits per heavy atom. The van der Waals surface area contributed by atoms with Crippen LogP contribution < -0.4 is 11.3 Å². The number of hydrogen-bond acceptors (Lipinski definition) is 5. The fraction of sp³-hybridized carbons (Fsp3) is 0.118. The van der Waals surface area contributed by atoms with Gasteiger partial charge in [0.2, 0.25) is 5.91 Å². The fourth-order valence-corrected chi connectivity index (χ4v) is 4.12. The first-order valence-corrected chi connectivity index (χ1v) is 9.17. The van der Waals surface area contributed by atoms with Gasteiger partial charge in [-0.3, -0.25) is 14.2 Å². The van der Waals surface area contributed by atoms with Crippen LogP contribution in [0, 0.1) is 5.82 Å². The second kappa shape index (κ2) is 7.20. The maximum absolute atomic E-state index is 13.2. The van der Waals surface area contributed by atoms with Crippen molar-refractivity contribution in [1.29, 1.82) is 0 Å². The Hall–Kier alpha value is -2.45. The molecule has 1 amide bonds. The summed E-state index contributed by atoms with van der Waals surface area (Å²) in [5.74, 6) is -0.788. The van der Waals surface area contributed by atoms with Crippen LogP contribution in [0.5, 0.6) is 0 Å². The molecule has 1 aromatic carbocycles. The Bertz CT molecular complexity index is 1010. The van der Waals surface area contributed by atoms with Gasteiger partial charge >= 0.3 is 0 Å². The van der Waals surface area contributed by atoms with Crippen molar-refractivity contribution in [2.75, 3.05) is 5.75 Å². The Morgan fingerprint density at radius 2 is 2.12 bits per heavy atom. The molecule has 0 unspecified atom stereocenters. The SMILES string of the molecule is C=CCn1c(SCC(N)=O)nc2scc(-c3ccc(F)cc3)c2c1=O. The highest BCUT2D eigenvalue weighted by Crippen LogP contribution is 2.32. The number of hydrogen-bond donors (Lipinski definition) is 1. The summed E-state index contributed by atoms with van der Waals surface area (Å²) in [5.41, 5.74) is 6.41. The van der Waals surface area contributed by atoms with Crippen LogP contribution in [0.2, 0.25) is 0 Å². The van der Waals surface area contributed by atoms with E-state index in [1.54, 1.807) is 18.2 Å². The predicted octanol–water partition coefficient (Wildman–Crippen LogP) is 3.03. The largest absolute Gasteiger partial charge is 0.369 e. The first-order chi connectivity index (χ1) is 12.0. The highest BCUT2D eigenvalue weighted by molar-refractivity contribution is 7.99. The number of halogens is 1. The summed E-state index contributed by atoms with van der Waals surface area (Å²) < 4.78 is 14.6. The summed E-state index contributed by atoms with van der Waals surface area (Å²) in [4.78, 5) is 29.1. The lowest BCUT2D eigenvalue weighted by Gasteiger charge is -2.10. The third-order valence-corrected chi connectivity index (χ3v) is 5.34. The third-order valence-electron chi connectivity index (χ3n) is 3.47. The molecule has 3 aromatic rings. The van der Waals surface area contributed by atoms with Gasteiger partial charge in [-0.25, -0.2) is 9.37 Å². The number of carbonyl (C=O) groups is 1. The number of primary amides is 1. The first kappa shape index (κ1) is 17.4. The topological polar surface area (TPSA) is 78.0 Å². The van der Waals surface area contributed by atoms with Gasteiger partial charge in [-0.15, -0.1) is 17.9 Å². The van der Waals surface area contributed by atoms with Gasteiger partial charge in [0.15, 0.2) is 5.16 Å². The van der Waals surface area contributed by atoms with Crippen LogP contribution in [0.4, 0.5) is 4.39 Å². The van der Waals surface area contributed by atoms with Crippen molar-refractivity contribution in [3.8, 4) is 11.1 Å². The molecule has 128 valence electrons. The van der Waals surface area contributed by atoms with E-state index in [1.165, 1.54) is 28.0 Å². The molecule has 0 aliphatic carbocycles. The molecular weight excluding hydrogens is 361 g/mol. The minimum Gasteiger partial charge on any atom is -0.369 e. The molecule has 0 aliphatic rings. The molecule has 0 bridgehead atoms. The Kier molecular flexibility index (Phi) is 5.00. The molecule has 0 spiro atoms. The summed E-state index contributed by atoms with van der Waals surface area (Å²) in [7, 11) is 0. The van der Waals surface area contributed by atoms with Crippen LogP contribution in [0.25, 0.3) is 21.3 Å². The molecule has 3 rings (SSSR count). The lowest BCUT2D eigenvalue weighted by Crippen LogP contribution is -2.23. The van der Waals surface area contributed by atoms with Gasteiger partial charge in [-0.1, -0.05) is 30.0 Å². The van der Waals surface area contributed by atoms with Gasteiger partial charge in [0.05, 0.1) is 11.1 Å². The van der Waals surface area contributed by atoms with E-state index in [4.69, 9.17) is 5.73 Å². The average molecular weight is 375 g/mol. The number of rotatable bonds is 6. The molecular formula is C17H14FN3O2S2. The molecule has 0 radical (unpaired) electrons. The minimum absolute atomic E-state index is 0.0330. The first-order valence-electron chi connectivity index (χ1n) is 7.31. The number of benzene rings is 1. The quantitative estimate of drug-likeness (QED) is 0.408. The smallest absolute Gasteiger partial charge is 0.263 e. The van der Waals surface area contributed by atoms with Crippen molar-refractivity contribution >= 4 is 39.2 Å². The second-order valence-corrected chi connectivity index (χ2v) is 6.99. The van der Waals surface area contributed by atoms with Gasteiger partial charge in [-0.2, -0.15) is 0 Å². The Morgan fingerprint density at radius 3 is 2.76 bits per heavy atom. The summed E-state index contributed by atoms with van der Waals surface area (Å²) in [6.07, 6.45) is 1.59. The molecule has 0 saturated carbocycles. The van der Waals surface area contributed by atoms with E-state index >= 15 is 0 Å². The molecule has 2 aromatic heterocycles. The number of allylic oxidation sites excluding steroid dienone is 1. The molecule has 0 saturated heterocycles. The number of nitrogens with zero attached hydrogens (tertiary/aromatic N) is 2. The number of thiophene rings is 1. The average Bonchev–Trinajstić information content (AvgIpc) is 3.00. The lowest BCUT2D eigenvalue weighted by molar-refractivity contribution is -0.115. The van der Waals surface area contributed by atoms with Crippen molar-refractivity contribution in [1.82, 2.24) is 9.55 Å². The summed E-state index contributed by atoms with van der Waals surface area (Å²) in [6.45, 7) is 3.93. The van der Waals surface area contributed by atoms with E-state index in [9.17, 15) is 14.0 Å². The standard InChI is InChI=1S/C17H14FN3O2S2/c1-2-7-21-16(23)14-12(10-3-5-11(18)6-4-10)8-24-15(14)20-17(21)25-9-13(19)22/h2-6,8H,1,7,9H2,(H2,19,22). The molecule has 0 atom stereocenters. The zero-order valence-corrected chi connectivity index (χ0v) is 14.7. The van der Waals surface area contributed by atoms with E-state index in [2.05, 4.69) is 11.6 Å². The molecule has 0 aliphatic heterocycles. The van der Waals surface area contributed by atoms with Crippen LogP contribution in [0.1, 0.15) is 0 Å². The summed E-state index contributed by atoms with van der Waals surface area (Å²) >= 11 is 2.45. The molecule has 2 N–H and O–H groups in total. The number of carbonyl (C=O) groups excluding carboxylic acids is 1. The maximum Gasteiger partial charge on any atom is 0.263 e. The number of fused-ring (bicyclic) bond motifs is 1. The molecule has 0 fully saturated rings. The van der Waals surface area contributed by atoms with E-state index in [0.717, 1.165) is 17.3 Å². The zero-order valence-electron chi connectivity index (χ0n) is 13.1.